The Hall–Kier alpha value is -3.27. The summed E-state index contributed by atoms with van der Waals surface area (Å²) in [6, 6.07) is 22.9. The van der Waals surface area contributed by atoms with Gasteiger partial charge < -0.3 is 14.6 Å². The Morgan fingerprint density at radius 1 is 0.893 bits per heavy atom. The average molecular weight is 378 g/mol. The quantitative estimate of drug-likeness (QED) is 0.613. The highest BCUT2D eigenvalue weighted by Crippen LogP contribution is 2.29. The van der Waals surface area contributed by atoms with Crippen LogP contribution in [0.1, 0.15) is 34.0 Å². The molecular formula is C24H26O4. The maximum absolute atomic E-state index is 10.3. The van der Waals surface area contributed by atoms with Gasteiger partial charge in [0.15, 0.2) is 11.5 Å². The molecule has 0 atom stereocenters. The van der Waals surface area contributed by atoms with E-state index in [1.807, 2.05) is 37.3 Å². The standard InChI is InChI=1S/C16H18O2.C8H8O2/c1-3-13-9-10-15(17-2)16(11-13)18-12-14-7-5-4-6-8-14;1-6-2-4-7(5-3-6)8(9)10/h4-11H,3,12H2,1-2H3;2-5H,1H3,(H,9,10). The molecule has 0 unspecified atom stereocenters. The lowest BCUT2D eigenvalue weighted by Crippen LogP contribution is -1.98. The summed E-state index contributed by atoms with van der Waals surface area (Å²) in [7, 11) is 1.66. The summed E-state index contributed by atoms with van der Waals surface area (Å²) in [5.74, 6) is 0.712. The van der Waals surface area contributed by atoms with Crippen molar-refractivity contribution >= 4 is 5.97 Å². The molecule has 0 bridgehead atoms. The van der Waals surface area contributed by atoms with Crippen LogP contribution >= 0.6 is 0 Å². The monoisotopic (exact) mass is 378 g/mol. The van der Waals surface area contributed by atoms with Crippen LogP contribution in [-0.2, 0) is 13.0 Å². The van der Waals surface area contributed by atoms with Gasteiger partial charge in [-0.25, -0.2) is 4.79 Å². The molecule has 0 spiro atoms. The number of aryl methyl sites for hydroxylation is 2. The number of hydrogen-bond acceptors (Lipinski definition) is 3. The highest BCUT2D eigenvalue weighted by molar-refractivity contribution is 5.87. The van der Waals surface area contributed by atoms with E-state index in [0.717, 1.165) is 29.0 Å². The topological polar surface area (TPSA) is 55.8 Å². The predicted molar refractivity (Wildman–Crippen MR) is 111 cm³/mol. The molecule has 1 N–H and O–H groups in total. The van der Waals surface area contributed by atoms with E-state index in [2.05, 4.69) is 25.1 Å². The number of ether oxygens (including phenoxy) is 2. The molecule has 0 heterocycles. The molecule has 3 rings (SSSR count). The van der Waals surface area contributed by atoms with Crippen LogP contribution in [0.25, 0.3) is 0 Å². The molecular weight excluding hydrogens is 352 g/mol. The fourth-order valence-corrected chi connectivity index (χ4v) is 2.49. The Balaban J connectivity index is 0.000000237. The van der Waals surface area contributed by atoms with Crippen molar-refractivity contribution in [2.45, 2.75) is 26.9 Å². The van der Waals surface area contributed by atoms with Gasteiger partial charge in [-0.2, -0.15) is 0 Å². The summed E-state index contributed by atoms with van der Waals surface area (Å²) in [5.41, 5.74) is 3.82. The van der Waals surface area contributed by atoms with Gasteiger partial charge in [-0.1, -0.05) is 61.0 Å². The number of benzene rings is 3. The Labute approximate surface area is 166 Å². The summed E-state index contributed by atoms with van der Waals surface area (Å²) in [4.78, 5) is 10.3. The maximum Gasteiger partial charge on any atom is 0.335 e. The summed E-state index contributed by atoms with van der Waals surface area (Å²) in [6.45, 7) is 4.61. The van der Waals surface area contributed by atoms with Crippen LogP contribution in [0, 0.1) is 6.92 Å². The number of methoxy groups -OCH3 is 1. The maximum atomic E-state index is 10.3. The van der Waals surface area contributed by atoms with Crippen molar-refractivity contribution in [2.75, 3.05) is 7.11 Å². The molecule has 0 saturated heterocycles. The third-order valence-electron chi connectivity index (χ3n) is 4.17. The minimum atomic E-state index is -0.875. The molecule has 146 valence electrons. The van der Waals surface area contributed by atoms with Crippen LogP contribution in [0.3, 0.4) is 0 Å². The van der Waals surface area contributed by atoms with Gasteiger partial charge in [0.1, 0.15) is 6.61 Å². The second-order valence-corrected chi connectivity index (χ2v) is 6.28. The molecule has 0 aromatic heterocycles. The first-order valence-corrected chi connectivity index (χ1v) is 9.17. The molecule has 3 aromatic rings. The lowest BCUT2D eigenvalue weighted by atomic mass is 10.1. The van der Waals surface area contributed by atoms with Crippen LogP contribution in [-0.4, -0.2) is 18.2 Å². The summed E-state index contributed by atoms with van der Waals surface area (Å²) in [6.07, 6.45) is 0.992. The lowest BCUT2D eigenvalue weighted by molar-refractivity contribution is 0.0697. The van der Waals surface area contributed by atoms with E-state index < -0.39 is 5.97 Å². The van der Waals surface area contributed by atoms with E-state index in [-0.39, 0.29) is 0 Å². The second-order valence-electron chi connectivity index (χ2n) is 6.28. The van der Waals surface area contributed by atoms with Crippen molar-refractivity contribution in [3.05, 3.63) is 95.1 Å². The van der Waals surface area contributed by atoms with E-state index in [1.165, 1.54) is 5.56 Å². The highest BCUT2D eigenvalue weighted by Gasteiger charge is 2.05. The van der Waals surface area contributed by atoms with Gasteiger partial charge in [-0.3, -0.25) is 0 Å². The van der Waals surface area contributed by atoms with Crippen molar-refractivity contribution in [3.8, 4) is 11.5 Å². The van der Waals surface area contributed by atoms with Crippen LogP contribution in [0.5, 0.6) is 11.5 Å². The number of hydrogen-bond donors (Lipinski definition) is 1. The number of carboxylic acid groups (broad SMARTS) is 1. The molecule has 0 amide bonds. The summed E-state index contributed by atoms with van der Waals surface area (Å²) >= 11 is 0. The Kier molecular flexibility index (Phi) is 8.10. The van der Waals surface area contributed by atoms with Crippen molar-refractivity contribution in [1.82, 2.24) is 0 Å². The van der Waals surface area contributed by atoms with Crippen molar-refractivity contribution < 1.29 is 19.4 Å². The lowest BCUT2D eigenvalue weighted by Gasteiger charge is -2.12. The molecule has 3 aromatic carbocycles. The van der Waals surface area contributed by atoms with Gasteiger partial charge in [-0.05, 0) is 48.7 Å². The van der Waals surface area contributed by atoms with E-state index in [1.54, 1.807) is 31.4 Å². The largest absolute Gasteiger partial charge is 0.493 e. The first-order valence-electron chi connectivity index (χ1n) is 9.17. The van der Waals surface area contributed by atoms with E-state index in [4.69, 9.17) is 14.6 Å². The van der Waals surface area contributed by atoms with Gasteiger partial charge in [-0.15, -0.1) is 0 Å². The highest BCUT2D eigenvalue weighted by atomic mass is 16.5. The van der Waals surface area contributed by atoms with Crippen LogP contribution < -0.4 is 9.47 Å². The van der Waals surface area contributed by atoms with Crippen molar-refractivity contribution in [1.29, 1.82) is 0 Å². The Bertz CT molecular complexity index is 871. The second kappa shape index (κ2) is 10.8. The number of carboxylic acids is 1. The zero-order valence-corrected chi connectivity index (χ0v) is 16.5. The molecule has 0 fully saturated rings. The predicted octanol–water partition coefficient (Wildman–Crippen LogP) is 5.53. The molecule has 0 saturated carbocycles. The number of carbonyl (C=O) groups is 1. The third kappa shape index (κ3) is 6.47. The number of aromatic carboxylic acids is 1. The SMILES string of the molecule is CCc1ccc(OC)c(OCc2ccccc2)c1.Cc1ccc(C(=O)O)cc1. The number of rotatable bonds is 6. The summed E-state index contributed by atoms with van der Waals surface area (Å²) < 4.78 is 11.1. The zero-order chi connectivity index (χ0) is 20.4. The molecule has 0 aliphatic carbocycles. The van der Waals surface area contributed by atoms with Gasteiger partial charge in [0.05, 0.1) is 12.7 Å². The fraction of sp³-hybridized carbons (Fsp3) is 0.208. The first kappa shape index (κ1) is 21.0. The van der Waals surface area contributed by atoms with E-state index in [9.17, 15) is 4.79 Å². The van der Waals surface area contributed by atoms with Gasteiger partial charge in [0.2, 0.25) is 0 Å². The van der Waals surface area contributed by atoms with Gasteiger partial charge in [0.25, 0.3) is 0 Å². The molecule has 4 nitrogen and oxygen atoms in total. The Morgan fingerprint density at radius 3 is 2.14 bits per heavy atom. The zero-order valence-electron chi connectivity index (χ0n) is 16.5. The van der Waals surface area contributed by atoms with E-state index >= 15 is 0 Å². The molecule has 0 radical (unpaired) electrons. The normalized spacial score (nSPS) is 9.82. The molecule has 0 aliphatic heterocycles. The van der Waals surface area contributed by atoms with Crippen molar-refractivity contribution in [3.63, 3.8) is 0 Å². The van der Waals surface area contributed by atoms with Gasteiger partial charge >= 0.3 is 5.97 Å². The third-order valence-corrected chi connectivity index (χ3v) is 4.17. The van der Waals surface area contributed by atoms with E-state index in [0.29, 0.717) is 12.2 Å². The van der Waals surface area contributed by atoms with Gasteiger partial charge in [0, 0.05) is 0 Å². The van der Waals surface area contributed by atoms with Crippen LogP contribution in [0.2, 0.25) is 0 Å². The van der Waals surface area contributed by atoms with Crippen LogP contribution in [0.4, 0.5) is 0 Å². The molecule has 4 heteroatoms. The molecule has 28 heavy (non-hydrogen) atoms. The Morgan fingerprint density at radius 2 is 1.57 bits per heavy atom. The first-order chi connectivity index (χ1) is 13.5. The summed E-state index contributed by atoms with van der Waals surface area (Å²) in [5, 5.41) is 8.48. The van der Waals surface area contributed by atoms with Crippen LogP contribution in [0.15, 0.2) is 72.8 Å². The fourth-order valence-electron chi connectivity index (χ4n) is 2.49. The minimum absolute atomic E-state index is 0.339. The molecule has 0 aliphatic rings. The average Bonchev–Trinajstić information content (AvgIpc) is 2.73. The smallest absolute Gasteiger partial charge is 0.335 e. The van der Waals surface area contributed by atoms with Crippen molar-refractivity contribution in [2.24, 2.45) is 0 Å². The minimum Gasteiger partial charge on any atom is -0.493 e.